The van der Waals surface area contributed by atoms with E-state index in [0.29, 0.717) is 23.1 Å². The van der Waals surface area contributed by atoms with E-state index in [4.69, 9.17) is 5.26 Å². The Morgan fingerprint density at radius 2 is 2.19 bits per heavy atom. The Hall–Kier alpha value is -2.72. The van der Waals surface area contributed by atoms with Crippen LogP contribution in [0.4, 0.5) is 5.69 Å². The highest BCUT2D eigenvalue weighted by Crippen LogP contribution is 2.23. The minimum atomic E-state index is -0.469. The molecule has 1 amide bonds. The topological polar surface area (TPSA) is 89.0 Å². The predicted molar refractivity (Wildman–Crippen MR) is 103 cm³/mol. The van der Waals surface area contributed by atoms with Crippen molar-refractivity contribution in [2.24, 2.45) is 5.92 Å². The number of anilines is 1. The van der Waals surface area contributed by atoms with Crippen LogP contribution in [-0.2, 0) is 0 Å². The van der Waals surface area contributed by atoms with Crippen molar-refractivity contribution in [2.45, 2.75) is 11.4 Å². The molecule has 0 saturated carbocycles. The van der Waals surface area contributed by atoms with Crippen molar-refractivity contribution < 1.29 is 4.79 Å². The molecule has 1 aliphatic heterocycles. The average Bonchev–Trinajstić information content (AvgIpc) is 3.15. The summed E-state index contributed by atoms with van der Waals surface area (Å²) in [5, 5.41) is 12.5. The number of carbonyl (C=O) groups is 1. The van der Waals surface area contributed by atoms with Crippen molar-refractivity contribution in [2.75, 3.05) is 30.8 Å². The summed E-state index contributed by atoms with van der Waals surface area (Å²) in [6.45, 7) is 2.33. The lowest BCUT2D eigenvalue weighted by molar-refractivity contribution is 0.0946. The number of pyridine rings is 1. The molecule has 2 N–H and O–H groups in total. The van der Waals surface area contributed by atoms with Crippen molar-refractivity contribution in [1.29, 1.82) is 5.26 Å². The number of aromatic nitrogens is 1. The first-order valence-corrected chi connectivity index (χ1v) is 9.64. The van der Waals surface area contributed by atoms with Crippen molar-refractivity contribution in [3.05, 3.63) is 57.9 Å². The normalized spacial score (nSPS) is 16.3. The van der Waals surface area contributed by atoms with Gasteiger partial charge >= 0.3 is 0 Å². The fraction of sp³-hybridized carbons (Fsp3) is 0.316. The molecule has 0 radical (unpaired) electrons. The smallest absolute Gasteiger partial charge is 0.261 e. The van der Waals surface area contributed by atoms with Crippen LogP contribution in [0.25, 0.3) is 0 Å². The Balaban J connectivity index is 1.62. The van der Waals surface area contributed by atoms with Crippen LogP contribution in [0, 0.1) is 17.2 Å². The molecule has 26 heavy (non-hydrogen) atoms. The lowest BCUT2D eigenvalue weighted by Gasteiger charge is -2.18. The molecule has 3 rings (SSSR count). The zero-order valence-electron chi connectivity index (χ0n) is 14.5. The first-order valence-electron chi connectivity index (χ1n) is 8.42. The van der Waals surface area contributed by atoms with Crippen LogP contribution in [0.3, 0.4) is 0 Å². The van der Waals surface area contributed by atoms with Crippen LogP contribution >= 0.6 is 11.8 Å². The molecule has 7 heteroatoms. The van der Waals surface area contributed by atoms with Gasteiger partial charge in [-0.2, -0.15) is 5.26 Å². The van der Waals surface area contributed by atoms with E-state index in [1.807, 2.05) is 24.3 Å². The summed E-state index contributed by atoms with van der Waals surface area (Å²) in [5.41, 5.74) is 1.00. The minimum Gasteiger partial charge on any atom is -0.371 e. The molecule has 2 heterocycles. The molecule has 1 atom stereocenters. The molecule has 134 valence electrons. The second kappa shape index (κ2) is 8.11. The van der Waals surface area contributed by atoms with Gasteiger partial charge in [0.25, 0.3) is 11.5 Å². The van der Waals surface area contributed by atoms with Crippen LogP contribution in [0.15, 0.2) is 46.2 Å². The SMILES string of the molecule is CSc1[nH]c(=O)c(C(=O)NCC2CCN(c3ccccc3)C2)cc1C#N. The van der Waals surface area contributed by atoms with E-state index in [2.05, 4.69) is 27.3 Å². The highest BCUT2D eigenvalue weighted by atomic mass is 32.2. The second-order valence-corrected chi connectivity index (χ2v) is 7.03. The van der Waals surface area contributed by atoms with Gasteiger partial charge in [-0.25, -0.2) is 0 Å². The van der Waals surface area contributed by atoms with E-state index >= 15 is 0 Å². The third-order valence-corrected chi connectivity index (χ3v) is 5.26. The highest BCUT2D eigenvalue weighted by Gasteiger charge is 2.23. The summed E-state index contributed by atoms with van der Waals surface area (Å²) in [6.07, 6.45) is 2.75. The third kappa shape index (κ3) is 3.92. The number of carbonyl (C=O) groups excluding carboxylic acids is 1. The number of aromatic amines is 1. The Bertz CT molecular complexity index is 889. The largest absolute Gasteiger partial charge is 0.371 e. The van der Waals surface area contributed by atoms with E-state index in [1.54, 1.807) is 6.26 Å². The van der Waals surface area contributed by atoms with Gasteiger partial charge in [-0.3, -0.25) is 9.59 Å². The summed E-state index contributed by atoms with van der Waals surface area (Å²) in [7, 11) is 0. The van der Waals surface area contributed by atoms with Crippen LogP contribution in [0.5, 0.6) is 0 Å². The Labute approximate surface area is 156 Å². The monoisotopic (exact) mass is 368 g/mol. The van der Waals surface area contributed by atoms with E-state index in [0.717, 1.165) is 19.5 Å². The number of nitriles is 1. The van der Waals surface area contributed by atoms with Gasteiger partial charge in [0.05, 0.1) is 10.6 Å². The molecule has 1 aliphatic rings. The lowest BCUT2D eigenvalue weighted by atomic mass is 10.1. The van der Waals surface area contributed by atoms with Crippen LogP contribution < -0.4 is 15.8 Å². The van der Waals surface area contributed by atoms with Crippen molar-refractivity contribution in [1.82, 2.24) is 10.3 Å². The Morgan fingerprint density at radius 1 is 1.42 bits per heavy atom. The maximum Gasteiger partial charge on any atom is 0.261 e. The lowest BCUT2D eigenvalue weighted by Crippen LogP contribution is -2.34. The molecular formula is C19H20N4O2S. The quantitative estimate of drug-likeness (QED) is 0.790. The summed E-state index contributed by atoms with van der Waals surface area (Å²) < 4.78 is 0. The molecule has 1 fully saturated rings. The molecule has 2 aromatic rings. The van der Waals surface area contributed by atoms with E-state index in [9.17, 15) is 9.59 Å². The van der Waals surface area contributed by atoms with Gasteiger partial charge in [-0.1, -0.05) is 18.2 Å². The van der Waals surface area contributed by atoms with E-state index < -0.39 is 11.5 Å². The average molecular weight is 368 g/mol. The molecule has 0 spiro atoms. The first-order chi connectivity index (χ1) is 12.6. The van der Waals surface area contributed by atoms with Gasteiger partial charge < -0.3 is 15.2 Å². The fourth-order valence-corrected chi connectivity index (χ4v) is 3.65. The van der Waals surface area contributed by atoms with Crippen molar-refractivity contribution in [3.8, 4) is 6.07 Å². The first kappa shape index (κ1) is 18.1. The summed E-state index contributed by atoms with van der Waals surface area (Å²) in [4.78, 5) is 29.4. The number of H-pyrrole nitrogens is 1. The summed E-state index contributed by atoms with van der Waals surface area (Å²) in [5.74, 6) is -0.104. The standard InChI is InChI=1S/C19H20N4O2S/c1-26-19-14(10-20)9-16(18(25)22-19)17(24)21-11-13-7-8-23(12-13)15-5-3-2-4-6-15/h2-6,9,13H,7-8,11-12H2,1H3,(H,21,24)(H,22,25). The number of hydrogen-bond donors (Lipinski definition) is 2. The maximum absolute atomic E-state index is 12.4. The van der Waals surface area contributed by atoms with E-state index in [-0.39, 0.29) is 5.56 Å². The highest BCUT2D eigenvalue weighted by molar-refractivity contribution is 7.98. The molecule has 6 nitrogen and oxygen atoms in total. The number of nitrogens with one attached hydrogen (secondary N) is 2. The van der Waals surface area contributed by atoms with Crippen LogP contribution in [0.2, 0.25) is 0 Å². The van der Waals surface area contributed by atoms with Gasteiger partial charge in [-0.15, -0.1) is 11.8 Å². The minimum absolute atomic E-state index is 0.0164. The Morgan fingerprint density at radius 3 is 2.88 bits per heavy atom. The predicted octanol–water partition coefficient (Wildman–Crippen LogP) is 2.22. The zero-order chi connectivity index (χ0) is 18.5. The number of thioether (sulfide) groups is 1. The van der Waals surface area contributed by atoms with Crippen molar-refractivity contribution in [3.63, 3.8) is 0 Å². The van der Waals surface area contributed by atoms with E-state index in [1.165, 1.54) is 23.5 Å². The van der Waals surface area contributed by atoms with Gasteiger partial charge in [0.1, 0.15) is 11.6 Å². The molecule has 1 aromatic carbocycles. The fourth-order valence-electron chi connectivity index (χ4n) is 3.13. The van der Waals surface area contributed by atoms with Crippen LogP contribution in [-0.4, -0.2) is 36.8 Å². The second-order valence-electron chi connectivity index (χ2n) is 6.22. The number of para-hydroxylation sites is 1. The van der Waals surface area contributed by atoms with Crippen LogP contribution in [0.1, 0.15) is 22.3 Å². The van der Waals surface area contributed by atoms with Crippen molar-refractivity contribution >= 4 is 23.4 Å². The summed E-state index contributed by atoms with van der Waals surface area (Å²) in [6, 6.07) is 13.6. The molecule has 1 unspecified atom stereocenters. The number of benzene rings is 1. The number of nitrogens with zero attached hydrogens (tertiary/aromatic N) is 2. The molecule has 1 aromatic heterocycles. The third-order valence-electron chi connectivity index (χ3n) is 4.53. The van der Waals surface area contributed by atoms with Gasteiger partial charge in [0, 0.05) is 25.3 Å². The zero-order valence-corrected chi connectivity index (χ0v) is 15.3. The number of amides is 1. The molecule has 0 aliphatic carbocycles. The molecular weight excluding hydrogens is 348 g/mol. The van der Waals surface area contributed by atoms with Gasteiger partial charge in [-0.05, 0) is 36.8 Å². The van der Waals surface area contributed by atoms with Gasteiger partial charge in [0.15, 0.2) is 0 Å². The summed E-state index contributed by atoms with van der Waals surface area (Å²) >= 11 is 1.27. The molecule has 1 saturated heterocycles. The number of hydrogen-bond acceptors (Lipinski definition) is 5. The maximum atomic E-state index is 12.4. The Kier molecular flexibility index (Phi) is 5.64. The number of rotatable bonds is 5. The van der Waals surface area contributed by atoms with Gasteiger partial charge in [0.2, 0.25) is 0 Å². The molecule has 0 bridgehead atoms.